The van der Waals surface area contributed by atoms with Crippen molar-refractivity contribution < 1.29 is 9.52 Å². The van der Waals surface area contributed by atoms with E-state index >= 15 is 0 Å². The molecule has 0 fully saturated rings. The van der Waals surface area contributed by atoms with Gasteiger partial charge in [-0.2, -0.15) is 0 Å². The number of phenolic OH excluding ortho intramolecular Hbond substituents is 1. The van der Waals surface area contributed by atoms with Crippen molar-refractivity contribution in [1.29, 1.82) is 0 Å². The fourth-order valence-corrected chi connectivity index (χ4v) is 3.88. The summed E-state index contributed by atoms with van der Waals surface area (Å²) in [6.07, 6.45) is 2.66. The van der Waals surface area contributed by atoms with Crippen LogP contribution in [0.4, 0.5) is 0 Å². The first kappa shape index (κ1) is 16.1. The number of aromatic hydroxyl groups is 1. The van der Waals surface area contributed by atoms with Gasteiger partial charge < -0.3 is 14.5 Å². The fraction of sp³-hybridized carbons (Fsp3) is 0.238. The van der Waals surface area contributed by atoms with Crippen LogP contribution in [0.2, 0.25) is 0 Å². The number of H-pyrrole nitrogens is 1. The summed E-state index contributed by atoms with van der Waals surface area (Å²) >= 11 is 0. The normalized spacial score (nSPS) is 17.3. The topological polar surface area (TPSA) is 78.2 Å². The molecule has 1 atom stereocenters. The summed E-state index contributed by atoms with van der Waals surface area (Å²) in [5, 5.41) is 11.1. The lowest BCUT2D eigenvalue weighted by Crippen LogP contribution is -2.35. The van der Waals surface area contributed by atoms with Crippen molar-refractivity contribution in [2.24, 2.45) is 0 Å². The number of furan rings is 1. The summed E-state index contributed by atoms with van der Waals surface area (Å²) in [4.78, 5) is 14.8. The zero-order valence-corrected chi connectivity index (χ0v) is 15.0. The van der Waals surface area contributed by atoms with Crippen molar-refractivity contribution >= 4 is 10.9 Å². The second-order valence-electron chi connectivity index (χ2n) is 6.99. The van der Waals surface area contributed by atoms with Gasteiger partial charge in [-0.05, 0) is 31.2 Å². The number of pyridine rings is 1. The molecule has 3 aromatic heterocycles. The third kappa shape index (κ3) is 2.78. The van der Waals surface area contributed by atoms with Gasteiger partial charge in [-0.1, -0.05) is 18.2 Å². The number of aromatic amines is 1. The number of hydrogen-bond donors (Lipinski definition) is 2. The monoisotopic (exact) mass is 360 g/mol. The van der Waals surface area contributed by atoms with E-state index in [0.717, 1.165) is 47.0 Å². The van der Waals surface area contributed by atoms with Gasteiger partial charge >= 0.3 is 0 Å². The number of para-hydroxylation sites is 1. The van der Waals surface area contributed by atoms with Crippen molar-refractivity contribution in [3.63, 3.8) is 0 Å². The first-order valence-electron chi connectivity index (χ1n) is 9.09. The van der Waals surface area contributed by atoms with Crippen LogP contribution in [0.1, 0.15) is 34.6 Å². The van der Waals surface area contributed by atoms with Gasteiger partial charge in [-0.15, -0.1) is 0 Å². The standard InChI is InChI=1S/C21H20N4O2/c1-13-5-8-18(27-13)21-20-16(22-12-23-20)9-10-25(21)11-15-7-6-14-3-2-4-17(26)19(14)24-15/h2-8,12,21,26H,9-11H2,1H3,(H,22,23)/t21-/m0/s1. The van der Waals surface area contributed by atoms with Crippen molar-refractivity contribution in [3.8, 4) is 5.75 Å². The summed E-state index contributed by atoms with van der Waals surface area (Å²) in [5.74, 6) is 1.99. The largest absolute Gasteiger partial charge is 0.506 e. The molecule has 5 rings (SSSR count). The third-order valence-corrected chi connectivity index (χ3v) is 5.18. The molecule has 1 aliphatic rings. The molecular weight excluding hydrogens is 340 g/mol. The number of benzene rings is 1. The van der Waals surface area contributed by atoms with E-state index in [2.05, 4.69) is 14.9 Å². The molecule has 6 nitrogen and oxygen atoms in total. The van der Waals surface area contributed by atoms with Crippen LogP contribution in [0.5, 0.6) is 5.75 Å². The summed E-state index contributed by atoms with van der Waals surface area (Å²) in [6, 6.07) is 13.5. The number of imidazole rings is 1. The molecule has 2 N–H and O–H groups in total. The molecule has 4 heterocycles. The Labute approximate surface area is 156 Å². The fourth-order valence-electron chi connectivity index (χ4n) is 3.88. The molecule has 0 bridgehead atoms. The van der Waals surface area contributed by atoms with Crippen LogP contribution in [0, 0.1) is 6.92 Å². The maximum Gasteiger partial charge on any atom is 0.141 e. The quantitative estimate of drug-likeness (QED) is 0.582. The van der Waals surface area contributed by atoms with Crippen LogP contribution >= 0.6 is 0 Å². The van der Waals surface area contributed by atoms with Gasteiger partial charge in [0, 0.05) is 30.6 Å². The highest BCUT2D eigenvalue weighted by molar-refractivity contribution is 5.84. The Balaban J connectivity index is 1.53. The van der Waals surface area contributed by atoms with Crippen LogP contribution < -0.4 is 0 Å². The van der Waals surface area contributed by atoms with Crippen molar-refractivity contribution in [1.82, 2.24) is 19.9 Å². The Hall–Kier alpha value is -3.12. The molecule has 4 aromatic rings. The number of nitrogens with zero attached hydrogens (tertiary/aromatic N) is 3. The molecule has 1 aliphatic heterocycles. The molecule has 0 spiro atoms. The zero-order chi connectivity index (χ0) is 18.4. The summed E-state index contributed by atoms with van der Waals surface area (Å²) in [5.41, 5.74) is 3.72. The average Bonchev–Trinajstić information content (AvgIpc) is 3.31. The Morgan fingerprint density at radius 2 is 2.15 bits per heavy atom. The lowest BCUT2D eigenvalue weighted by molar-refractivity contribution is 0.176. The lowest BCUT2D eigenvalue weighted by atomic mass is 10.00. The number of nitrogens with one attached hydrogen (secondary N) is 1. The minimum absolute atomic E-state index is 0.0458. The van der Waals surface area contributed by atoms with Crippen LogP contribution in [0.15, 0.2) is 53.2 Å². The molecule has 0 unspecified atom stereocenters. The number of rotatable bonds is 3. The number of fused-ring (bicyclic) bond motifs is 2. The maximum absolute atomic E-state index is 10.1. The minimum atomic E-state index is -0.0458. The van der Waals surface area contributed by atoms with E-state index < -0.39 is 0 Å². The van der Waals surface area contributed by atoms with Crippen LogP contribution in [0.3, 0.4) is 0 Å². The average molecular weight is 360 g/mol. The molecule has 6 heteroatoms. The summed E-state index contributed by atoms with van der Waals surface area (Å²) < 4.78 is 5.95. The van der Waals surface area contributed by atoms with Gasteiger partial charge in [-0.3, -0.25) is 4.90 Å². The third-order valence-electron chi connectivity index (χ3n) is 5.18. The van der Waals surface area contributed by atoms with Crippen molar-refractivity contribution in [3.05, 3.63) is 77.4 Å². The molecule has 0 saturated carbocycles. The van der Waals surface area contributed by atoms with E-state index in [1.165, 1.54) is 0 Å². The molecule has 0 aliphatic carbocycles. The van der Waals surface area contributed by atoms with Crippen molar-refractivity contribution in [2.75, 3.05) is 6.54 Å². The van der Waals surface area contributed by atoms with E-state index in [1.807, 2.05) is 43.3 Å². The van der Waals surface area contributed by atoms with Gasteiger partial charge in [0.25, 0.3) is 0 Å². The van der Waals surface area contributed by atoms with Gasteiger partial charge in [0.1, 0.15) is 28.8 Å². The Kier molecular flexibility index (Phi) is 3.72. The van der Waals surface area contributed by atoms with E-state index in [-0.39, 0.29) is 11.8 Å². The maximum atomic E-state index is 10.1. The highest BCUT2D eigenvalue weighted by Gasteiger charge is 2.33. The van der Waals surface area contributed by atoms with Gasteiger partial charge in [0.05, 0.1) is 17.7 Å². The molecule has 1 aromatic carbocycles. The Morgan fingerprint density at radius 3 is 3.00 bits per heavy atom. The molecular formula is C21H20N4O2. The molecule has 0 saturated heterocycles. The minimum Gasteiger partial charge on any atom is -0.506 e. The smallest absolute Gasteiger partial charge is 0.141 e. The van der Waals surface area contributed by atoms with Crippen molar-refractivity contribution in [2.45, 2.75) is 25.9 Å². The molecule has 136 valence electrons. The second-order valence-corrected chi connectivity index (χ2v) is 6.99. The highest BCUT2D eigenvalue weighted by atomic mass is 16.3. The predicted molar refractivity (Wildman–Crippen MR) is 101 cm³/mol. The Bertz CT molecular complexity index is 1110. The molecule has 0 radical (unpaired) electrons. The Morgan fingerprint density at radius 1 is 1.22 bits per heavy atom. The van der Waals surface area contributed by atoms with Gasteiger partial charge in [0.2, 0.25) is 0 Å². The van der Waals surface area contributed by atoms with Crippen LogP contribution in [-0.4, -0.2) is 31.5 Å². The van der Waals surface area contributed by atoms with Crippen LogP contribution in [0.25, 0.3) is 10.9 Å². The number of phenols is 1. The lowest BCUT2D eigenvalue weighted by Gasteiger charge is -2.33. The van der Waals surface area contributed by atoms with E-state index in [1.54, 1.807) is 12.4 Å². The predicted octanol–water partition coefficient (Wildman–Crippen LogP) is 3.71. The first-order chi connectivity index (χ1) is 13.2. The highest BCUT2D eigenvalue weighted by Crippen LogP contribution is 2.35. The summed E-state index contributed by atoms with van der Waals surface area (Å²) in [6.45, 7) is 3.48. The summed E-state index contributed by atoms with van der Waals surface area (Å²) in [7, 11) is 0. The van der Waals surface area contributed by atoms with Gasteiger partial charge in [-0.25, -0.2) is 9.97 Å². The molecule has 0 amide bonds. The van der Waals surface area contributed by atoms with Crippen LogP contribution in [-0.2, 0) is 13.0 Å². The first-order valence-corrected chi connectivity index (χ1v) is 9.09. The second kappa shape index (κ2) is 6.25. The SMILES string of the molecule is Cc1ccc([C@H]2c3nc[nH]c3CCN2Cc2ccc3cccc(O)c3n2)o1. The van der Waals surface area contributed by atoms with E-state index in [9.17, 15) is 5.11 Å². The van der Waals surface area contributed by atoms with Gasteiger partial charge in [0.15, 0.2) is 0 Å². The molecule has 27 heavy (non-hydrogen) atoms. The van der Waals surface area contributed by atoms with E-state index in [0.29, 0.717) is 12.1 Å². The number of aryl methyl sites for hydroxylation is 1. The number of aromatic nitrogens is 3. The zero-order valence-electron chi connectivity index (χ0n) is 15.0. The number of hydrogen-bond acceptors (Lipinski definition) is 5. The van der Waals surface area contributed by atoms with E-state index in [4.69, 9.17) is 9.40 Å².